The van der Waals surface area contributed by atoms with Gasteiger partial charge < -0.3 is 18.2 Å². The molecule has 0 fully saturated rings. The number of rotatable bonds is 4. The van der Waals surface area contributed by atoms with Crippen molar-refractivity contribution in [1.82, 2.24) is 4.98 Å². The van der Waals surface area contributed by atoms with Crippen molar-refractivity contribution in [3.8, 4) is 11.5 Å². The van der Waals surface area contributed by atoms with E-state index < -0.39 is 0 Å². The molecule has 0 unspecified atom stereocenters. The molecule has 0 bridgehead atoms. The van der Waals surface area contributed by atoms with Gasteiger partial charge in [-0.1, -0.05) is 84.9 Å². The van der Waals surface area contributed by atoms with E-state index in [0.29, 0.717) is 5.89 Å². The van der Waals surface area contributed by atoms with Gasteiger partial charge in [0.25, 0.3) is 0 Å². The first-order chi connectivity index (χ1) is 24.7. The van der Waals surface area contributed by atoms with E-state index in [1.54, 1.807) is 0 Å². The molecule has 0 spiro atoms. The predicted molar refractivity (Wildman–Crippen MR) is 204 cm³/mol. The minimum absolute atomic E-state index is 0.572. The molecule has 0 N–H and O–H groups in total. The minimum Gasteiger partial charge on any atom is -0.456 e. The van der Waals surface area contributed by atoms with Crippen molar-refractivity contribution >= 4 is 93.6 Å². The number of hydrogen-bond donors (Lipinski definition) is 0. The zero-order chi connectivity index (χ0) is 32.8. The third kappa shape index (κ3) is 4.04. The third-order valence-electron chi connectivity index (χ3n) is 9.82. The Hall–Kier alpha value is -6.85. The maximum atomic E-state index is 6.68. The monoisotopic (exact) mass is 642 g/mol. The van der Waals surface area contributed by atoms with Crippen LogP contribution >= 0.6 is 0 Å². The van der Waals surface area contributed by atoms with Crippen LogP contribution in [-0.4, -0.2) is 4.98 Å². The lowest BCUT2D eigenvalue weighted by Crippen LogP contribution is -2.09. The Bertz CT molecular complexity index is 3060. The van der Waals surface area contributed by atoms with Crippen molar-refractivity contribution < 1.29 is 13.3 Å². The third-order valence-corrected chi connectivity index (χ3v) is 9.82. The van der Waals surface area contributed by atoms with Gasteiger partial charge in [0, 0.05) is 38.9 Å². The molecule has 0 aliphatic rings. The topological polar surface area (TPSA) is 55.6 Å². The Kier molecular flexibility index (Phi) is 5.60. The maximum absolute atomic E-state index is 6.68. The molecule has 50 heavy (non-hydrogen) atoms. The van der Waals surface area contributed by atoms with Crippen molar-refractivity contribution in [3.63, 3.8) is 0 Å². The summed E-state index contributed by atoms with van der Waals surface area (Å²) in [6.07, 6.45) is 0. The number of para-hydroxylation sites is 2. The van der Waals surface area contributed by atoms with Gasteiger partial charge in [-0.2, -0.15) is 0 Å². The van der Waals surface area contributed by atoms with Crippen LogP contribution in [0.5, 0.6) is 0 Å². The zero-order valence-electron chi connectivity index (χ0n) is 26.6. The molecule has 3 aromatic heterocycles. The quantitative estimate of drug-likeness (QED) is 0.191. The van der Waals surface area contributed by atoms with Crippen LogP contribution in [0.1, 0.15) is 0 Å². The molecule has 0 saturated heterocycles. The standard InChI is InChI=1S/C45H26N2O3/c1-2-14-31(15-3-1)47(38-18-8-16-33-36-22-27-10-4-6-12-29(27)24-40(36)49-44(33)38)32-20-21-34-41(26-32)48-39-19-9-17-35(43(34)39)45-46-37-23-28-11-5-7-13-30(28)25-42(37)50-45/h1-26H. The predicted octanol–water partition coefficient (Wildman–Crippen LogP) is 13.1. The van der Waals surface area contributed by atoms with Crippen LogP contribution in [0.2, 0.25) is 0 Å². The SMILES string of the molecule is c1ccc(N(c2ccc3c(c2)oc2cccc(-c4nc5cc6ccccc6cc5o4)c23)c2cccc3c2oc2cc4ccccc4cc23)cc1. The van der Waals surface area contributed by atoms with E-state index in [9.17, 15) is 0 Å². The maximum Gasteiger partial charge on any atom is 0.228 e. The number of oxazole rings is 1. The molecule has 5 heteroatoms. The van der Waals surface area contributed by atoms with Crippen molar-refractivity contribution in [1.29, 1.82) is 0 Å². The van der Waals surface area contributed by atoms with Crippen molar-refractivity contribution in [2.75, 3.05) is 4.90 Å². The summed E-state index contributed by atoms with van der Waals surface area (Å²) in [6.45, 7) is 0. The van der Waals surface area contributed by atoms with E-state index in [-0.39, 0.29) is 0 Å². The molecule has 0 atom stereocenters. The van der Waals surface area contributed by atoms with Gasteiger partial charge in [-0.15, -0.1) is 0 Å². The first-order valence-corrected chi connectivity index (χ1v) is 16.7. The van der Waals surface area contributed by atoms with E-state index >= 15 is 0 Å². The van der Waals surface area contributed by atoms with Crippen LogP contribution in [0.3, 0.4) is 0 Å². The summed E-state index contributed by atoms with van der Waals surface area (Å²) < 4.78 is 19.6. The molecule has 0 radical (unpaired) electrons. The highest BCUT2D eigenvalue weighted by Gasteiger charge is 2.22. The molecule has 8 aromatic carbocycles. The number of anilines is 3. The zero-order valence-corrected chi connectivity index (χ0v) is 26.6. The van der Waals surface area contributed by atoms with Gasteiger partial charge in [-0.25, -0.2) is 4.98 Å². The highest BCUT2D eigenvalue weighted by atomic mass is 16.4. The Labute approximate surface area is 285 Å². The molecular weight excluding hydrogens is 617 g/mol. The Morgan fingerprint density at radius 3 is 1.94 bits per heavy atom. The van der Waals surface area contributed by atoms with Gasteiger partial charge >= 0.3 is 0 Å². The van der Waals surface area contributed by atoms with Gasteiger partial charge in [0.15, 0.2) is 11.2 Å². The number of furan rings is 2. The molecular formula is C45H26N2O3. The van der Waals surface area contributed by atoms with Gasteiger partial charge in [-0.05, 0) is 88.3 Å². The molecule has 11 rings (SSSR count). The molecule has 0 saturated carbocycles. The fourth-order valence-corrected chi connectivity index (χ4v) is 7.51. The molecule has 3 heterocycles. The van der Waals surface area contributed by atoms with Gasteiger partial charge in [-0.3, -0.25) is 0 Å². The number of nitrogens with zero attached hydrogens (tertiary/aromatic N) is 2. The van der Waals surface area contributed by atoms with E-state index in [4.69, 9.17) is 18.2 Å². The van der Waals surface area contributed by atoms with Crippen LogP contribution in [0.15, 0.2) is 171 Å². The van der Waals surface area contributed by atoms with Crippen LogP contribution in [0, 0.1) is 0 Å². The molecule has 5 nitrogen and oxygen atoms in total. The highest BCUT2D eigenvalue weighted by Crippen LogP contribution is 2.45. The first-order valence-electron chi connectivity index (χ1n) is 16.7. The van der Waals surface area contributed by atoms with E-state index in [0.717, 1.165) is 93.8 Å². The summed E-state index contributed by atoms with van der Waals surface area (Å²) in [5.74, 6) is 0.572. The number of aromatic nitrogens is 1. The number of fused-ring (bicyclic) bond motifs is 9. The minimum atomic E-state index is 0.572. The molecule has 0 amide bonds. The van der Waals surface area contributed by atoms with Crippen LogP contribution < -0.4 is 4.90 Å². The molecule has 0 aliphatic carbocycles. The fourth-order valence-electron chi connectivity index (χ4n) is 7.51. The average molecular weight is 643 g/mol. The molecule has 11 aromatic rings. The van der Waals surface area contributed by atoms with Gasteiger partial charge in [0.05, 0.1) is 11.4 Å². The Balaban J connectivity index is 1.10. The summed E-state index contributed by atoms with van der Waals surface area (Å²) in [5, 5.41) is 8.74. The largest absolute Gasteiger partial charge is 0.456 e. The summed E-state index contributed by atoms with van der Waals surface area (Å²) in [4.78, 5) is 7.17. The normalized spacial score (nSPS) is 12.0. The second kappa shape index (κ2) is 10.3. The van der Waals surface area contributed by atoms with E-state index in [2.05, 4.69) is 132 Å². The second-order valence-electron chi connectivity index (χ2n) is 12.8. The lowest BCUT2D eigenvalue weighted by Gasteiger charge is -2.25. The lowest BCUT2D eigenvalue weighted by atomic mass is 10.0. The summed E-state index contributed by atoms with van der Waals surface area (Å²) in [5.41, 5.74) is 8.66. The second-order valence-corrected chi connectivity index (χ2v) is 12.8. The van der Waals surface area contributed by atoms with Crippen LogP contribution in [0.4, 0.5) is 17.1 Å². The van der Waals surface area contributed by atoms with Gasteiger partial charge in [0.1, 0.15) is 22.3 Å². The Morgan fingerprint density at radius 1 is 0.420 bits per heavy atom. The van der Waals surface area contributed by atoms with Crippen molar-refractivity contribution in [2.24, 2.45) is 0 Å². The van der Waals surface area contributed by atoms with Gasteiger partial charge in [0.2, 0.25) is 5.89 Å². The summed E-state index contributed by atoms with van der Waals surface area (Å²) in [7, 11) is 0. The van der Waals surface area contributed by atoms with Crippen LogP contribution in [0.25, 0.3) is 88.0 Å². The average Bonchev–Trinajstić information content (AvgIpc) is 3.86. The number of hydrogen-bond acceptors (Lipinski definition) is 5. The Morgan fingerprint density at radius 2 is 1.12 bits per heavy atom. The summed E-state index contributed by atoms with van der Waals surface area (Å²) in [6, 6.07) is 54.4. The highest BCUT2D eigenvalue weighted by molar-refractivity contribution is 6.15. The smallest absolute Gasteiger partial charge is 0.228 e. The molecule has 234 valence electrons. The first kappa shape index (κ1) is 27.1. The van der Waals surface area contributed by atoms with E-state index in [1.165, 1.54) is 5.39 Å². The summed E-state index contributed by atoms with van der Waals surface area (Å²) >= 11 is 0. The van der Waals surface area contributed by atoms with Crippen molar-refractivity contribution in [3.05, 3.63) is 158 Å². The van der Waals surface area contributed by atoms with Crippen LogP contribution in [-0.2, 0) is 0 Å². The van der Waals surface area contributed by atoms with Crippen molar-refractivity contribution in [2.45, 2.75) is 0 Å². The van der Waals surface area contributed by atoms with E-state index in [1.807, 2.05) is 30.3 Å². The molecule has 0 aliphatic heterocycles. The lowest BCUT2D eigenvalue weighted by molar-refractivity contribution is 0.620. The fraction of sp³-hybridized carbons (Fsp3) is 0. The number of benzene rings is 8.